The Bertz CT molecular complexity index is 209. The first kappa shape index (κ1) is 17.4. The van der Waals surface area contributed by atoms with E-state index in [9.17, 15) is 9.90 Å². The molecule has 0 fully saturated rings. The number of aliphatic hydroxyl groups is 1. The fourth-order valence-corrected chi connectivity index (χ4v) is 2.15. The first-order chi connectivity index (χ1) is 8.67. The van der Waals surface area contributed by atoms with Gasteiger partial charge in [0.25, 0.3) is 0 Å². The molecule has 0 aromatic rings. The van der Waals surface area contributed by atoms with Crippen molar-refractivity contribution in [1.29, 1.82) is 0 Å². The first-order valence-electron chi connectivity index (χ1n) is 7.25. The lowest BCUT2D eigenvalue weighted by atomic mass is 9.92. The van der Waals surface area contributed by atoms with Crippen molar-refractivity contribution in [2.45, 2.75) is 77.7 Å². The van der Waals surface area contributed by atoms with Gasteiger partial charge in [0.15, 0.2) is 0 Å². The van der Waals surface area contributed by atoms with Crippen LogP contribution in [-0.4, -0.2) is 17.2 Å². The number of aliphatic hydroxyl groups excluding tert-OH is 1. The van der Waals surface area contributed by atoms with E-state index in [1.807, 2.05) is 0 Å². The molecule has 4 heteroatoms. The Labute approximate surface area is 111 Å². The van der Waals surface area contributed by atoms with Crippen LogP contribution in [0.25, 0.3) is 0 Å². The van der Waals surface area contributed by atoms with Gasteiger partial charge >= 0.3 is 5.97 Å². The number of carbonyl (C=O) groups excluding carboxylic acids is 1. The van der Waals surface area contributed by atoms with Crippen LogP contribution in [0.15, 0.2) is 0 Å². The number of unbranched alkanes of at least 4 members (excludes halogenated alkanes) is 5. The van der Waals surface area contributed by atoms with Crippen molar-refractivity contribution in [2.24, 2.45) is 11.8 Å². The number of nitrogens with two attached hydrogens (primary N) is 1. The van der Waals surface area contributed by atoms with E-state index >= 15 is 0 Å². The van der Waals surface area contributed by atoms with E-state index in [0.717, 1.165) is 44.9 Å². The number of rotatable bonds is 11. The SMILES string of the molecule is CCCCCCC(C(=O)ON)C(O)CCCCC. The predicted octanol–water partition coefficient (Wildman–Crippen LogP) is 2.93. The van der Waals surface area contributed by atoms with Gasteiger partial charge in [0.2, 0.25) is 0 Å². The van der Waals surface area contributed by atoms with Gasteiger partial charge in [-0.25, -0.2) is 4.79 Å². The summed E-state index contributed by atoms with van der Waals surface area (Å²) in [5.74, 6) is 4.00. The third-order valence-corrected chi connectivity index (χ3v) is 3.36. The second-order valence-electron chi connectivity index (χ2n) is 4.96. The fourth-order valence-electron chi connectivity index (χ4n) is 2.15. The molecule has 2 atom stereocenters. The average molecular weight is 259 g/mol. The Morgan fingerprint density at radius 1 is 1.06 bits per heavy atom. The Morgan fingerprint density at radius 3 is 2.17 bits per heavy atom. The average Bonchev–Trinajstić information content (AvgIpc) is 2.38. The van der Waals surface area contributed by atoms with Crippen molar-refractivity contribution in [3.63, 3.8) is 0 Å². The molecule has 3 N–H and O–H groups in total. The van der Waals surface area contributed by atoms with Gasteiger partial charge in [-0.1, -0.05) is 58.8 Å². The van der Waals surface area contributed by atoms with E-state index in [0.29, 0.717) is 12.8 Å². The number of carbonyl (C=O) groups is 1. The van der Waals surface area contributed by atoms with Crippen LogP contribution in [0.5, 0.6) is 0 Å². The van der Waals surface area contributed by atoms with Crippen molar-refractivity contribution in [1.82, 2.24) is 0 Å². The Morgan fingerprint density at radius 2 is 1.61 bits per heavy atom. The topological polar surface area (TPSA) is 72.5 Å². The van der Waals surface area contributed by atoms with Crippen molar-refractivity contribution < 1.29 is 14.7 Å². The van der Waals surface area contributed by atoms with Gasteiger partial charge in [0, 0.05) is 0 Å². The summed E-state index contributed by atoms with van der Waals surface area (Å²) in [4.78, 5) is 15.8. The molecule has 0 heterocycles. The number of hydrogen-bond acceptors (Lipinski definition) is 4. The van der Waals surface area contributed by atoms with Crippen molar-refractivity contribution in [2.75, 3.05) is 0 Å². The van der Waals surface area contributed by atoms with Crippen LogP contribution in [0.2, 0.25) is 0 Å². The lowest BCUT2D eigenvalue weighted by Gasteiger charge is -2.20. The Balaban J connectivity index is 4.07. The summed E-state index contributed by atoms with van der Waals surface area (Å²) in [6, 6.07) is 0. The normalized spacial score (nSPS) is 14.2. The van der Waals surface area contributed by atoms with Gasteiger partial charge in [0.05, 0.1) is 12.0 Å². The highest BCUT2D eigenvalue weighted by atomic mass is 16.7. The van der Waals surface area contributed by atoms with Gasteiger partial charge in [-0.15, -0.1) is 0 Å². The number of hydrogen-bond donors (Lipinski definition) is 2. The van der Waals surface area contributed by atoms with Crippen LogP contribution in [-0.2, 0) is 9.63 Å². The molecule has 0 aliphatic heterocycles. The van der Waals surface area contributed by atoms with Crippen LogP contribution in [0, 0.1) is 5.92 Å². The zero-order valence-electron chi connectivity index (χ0n) is 11.9. The van der Waals surface area contributed by atoms with Crippen molar-refractivity contribution >= 4 is 5.97 Å². The first-order valence-corrected chi connectivity index (χ1v) is 7.25. The maximum Gasteiger partial charge on any atom is 0.330 e. The van der Waals surface area contributed by atoms with Gasteiger partial charge < -0.3 is 9.94 Å². The largest absolute Gasteiger partial charge is 0.392 e. The summed E-state index contributed by atoms with van der Waals surface area (Å²) in [6.45, 7) is 4.26. The van der Waals surface area contributed by atoms with Gasteiger partial charge in [-0.2, -0.15) is 5.90 Å². The monoisotopic (exact) mass is 259 g/mol. The highest BCUT2D eigenvalue weighted by molar-refractivity contribution is 5.72. The lowest BCUT2D eigenvalue weighted by molar-refractivity contribution is -0.153. The molecule has 2 unspecified atom stereocenters. The second kappa shape index (κ2) is 11.5. The third kappa shape index (κ3) is 7.67. The van der Waals surface area contributed by atoms with E-state index < -0.39 is 18.0 Å². The maximum absolute atomic E-state index is 11.5. The molecule has 0 saturated heterocycles. The van der Waals surface area contributed by atoms with Gasteiger partial charge in [-0.05, 0) is 12.8 Å². The zero-order chi connectivity index (χ0) is 13.8. The van der Waals surface area contributed by atoms with Crippen molar-refractivity contribution in [3.05, 3.63) is 0 Å². The fraction of sp³-hybridized carbons (Fsp3) is 0.929. The highest BCUT2D eigenvalue weighted by Crippen LogP contribution is 2.20. The van der Waals surface area contributed by atoms with Crippen molar-refractivity contribution in [3.8, 4) is 0 Å². The molecular weight excluding hydrogens is 230 g/mol. The summed E-state index contributed by atoms with van der Waals surface area (Å²) in [5.41, 5.74) is 0. The van der Waals surface area contributed by atoms with Crippen LogP contribution in [0.1, 0.15) is 71.6 Å². The molecule has 0 aliphatic carbocycles. The molecule has 18 heavy (non-hydrogen) atoms. The molecule has 0 aromatic carbocycles. The molecule has 0 rings (SSSR count). The molecule has 0 radical (unpaired) electrons. The highest BCUT2D eigenvalue weighted by Gasteiger charge is 2.27. The smallest absolute Gasteiger partial charge is 0.330 e. The molecule has 0 amide bonds. The Hall–Kier alpha value is -0.610. The molecule has 0 bridgehead atoms. The van der Waals surface area contributed by atoms with E-state index in [-0.39, 0.29) is 0 Å². The third-order valence-electron chi connectivity index (χ3n) is 3.36. The Kier molecular flexibility index (Phi) is 11.1. The minimum atomic E-state index is -0.616. The minimum absolute atomic E-state index is 0.455. The molecule has 0 spiro atoms. The molecule has 0 aromatic heterocycles. The van der Waals surface area contributed by atoms with E-state index in [4.69, 9.17) is 5.90 Å². The summed E-state index contributed by atoms with van der Waals surface area (Å²) in [5, 5.41) is 10.0. The molecule has 0 aliphatic rings. The van der Waals surface area contributed by atoms with Crippen LogP contribution in [0.3, 0.4) is 0 Å². The zero-order valence-corrected chi connectivity index (χ0v) is 11.9. The summed E-state index contributed by atoms with van der Waals surface area (Å²) in [6.07, 6.45) is 8.19. The standard InChI is InChI=1S/C14H29NO3/c1-3-5-7-9-10-12(14(17)18-15)13(16)11-8-6-4-2/h12-13,16H,3-11,15H2,1-2H3. The van der Waals surface area contributed by atoms with E-state index in [2.05, 4.69) is 18.7 Å². The summed E-state index contributed by atoms with van der Waals surface area (Å²) < 4.78 is 0. The molecular formula is C14H29NO3. The summed E-state index contributed by atoms with van der Waals surface area (Å²) in [7, 11) is 0. The maximum atomic E-state index is 11.5. The quantitative estimate of drug-likeness (QED) is 0.442. The minimum Gasteiger partial charge on any atom is -0.392 e. The lowest BCUT2D eigenvalue weighted by Crippen LogP contribution is -2.31. The van der Waals surface area contributed by atoms with E-state index in [1.165, 1.54) is 0 Å². The molecule has 0 saturated carbocycles. The predicted molar refractivity (Wildman–Crippen MR) is 72.7 cm³/mol. The summed E-state index contributed by atoms with van der Waals surface area (Å²) >= 11 is 0. The van der Waals surface area contributed by atoms with Crippen LogP contribution < -0.4 is 5.90 Å². The van der Waals surface area contributed by atoms with Gasteiger partial charge in [-0.3, -0.25) is 0 Å². The van der Waals surface area contributed by atoms with E-state index in [1.54, 1.807) is 0 Å². The molecule has 4 nitrogen and oxygen atoms in total. The second-order valence-corrected chi connectivity index (χ2v) is 4.96. The van der Waals surface area contributed by atoms with Crippen LogP contribution >= 0.6 is 0 Å². The van der Waals surface area contributed by atoms with Crippen LogP contribution in [0.4, 0.5) is 0 Å². The van der Waals surface area contributed by atoms with Gasteiger partial charge in [0.1, 0.15) is 0 Å². The molecule has 108 valence electrons.